The molecule has 1 rings (SSSR count). The first-order chi connectivity index (χ1) is 8.33. The van der Waals surface area contributed by atoms with Crippen LogP contribution in [0.25, 0.3) is 0 Å². The fourth-order valence-electron chi connectivity index (χ4n) is 1.41. The minimum atomic E-state index is -6.00. The van der Waals surface area contributed by atoms with Crippen molar-refractivity contribution < 1.29 is 17.3 Å². The Balaban J connectivity index is 0.000000494. The summed E-state index contributed by atoms with van der Waals surface area (Å²) in [6.07, 6.45) is 6.67. The molecule has 0 aromatic heterocycles. The van der Waals surface area contributed by atoms with Crippen molar-refractivity contribution in [2.24, 2.45) is 0 Å². The van der Waals surface area contributed by atoms with Gasteiger partial charge >= 0.3 is 7.25 Å². The molecule has 0 saturated carbocycles. The predicted octanol–water partition coefficient (Wildman–Crippen LogP) is 5.71. The first kappa shape index (κ1) is 17.7. The SMILES string of the molecule is CCCCCCc1ccc(I)cc1.F[B-](F)(F)F. The molecule has 0 amide bonds. The Kier molecular flexibility index (Phi) is 9.50. The molecule has 0 radical (unpaired) electrons. The normalized spacial score (nSPS) is 10.8. The average molecular weight is 375 g/mol. The van der Waals surface area contributed by atoms with Gasteiger partial charge < -0.3 is 17.3 Å². The quantitative estimate of drug-likeness (QED) is 0.268. The number of hydrogen-bond acceptors (Lipinski definition) is 0. The van der Waals surface area contributed by atoms with Crippen LogP contribution in [0.2, 0.25) is 0 Å². The van der Waals surface area contributed by atoms with Crippen LogP contribution in [-0.4, -0.2) is 7.25 Å². The van der Waals surface area contributed by atoms with E-state index < -0.39 is 7.25 Å². The van der Waals surface area contributed by atoms with Crippen molar-refractivity contribution in [2.75, 3.05) is 0 Å². The second-order valence-corrected chi connectivity index (χ2v) is 5.18. The fraction of sp³-hybridized carbons (Fsp3) is 0.500. The molecule has 0 heterocycles. The topological polar surface area (TPSA) is 0 Å². The minimum absolute atomic E-state index is 1.25. The Bertz CT molecular complexity index is 305. The molecule has 0 spiro atoms. The standard InChI is InChI=1S/C12H17I.BF4/c1-2-3-4-5-6-11-7-9-12(13)10-8-11;2-1(3,4)5/h7-10H,2-6H2,1H3;/q;-1. The van der Waals surface area contributed by atoms with Crippen molar-refractivity contribution in [1.29, 1.82) is 0 Å². The number of unbranched alkanes of at least 4 members (excludes halogenated alkanes) is 3. The van der Waals surface area contributed by atoms with Crippen LogP contribution in [-0.2, 0) is 6.42 Å². The molecule has 104 valence electrons. The number of benzene rings is 1. The fourth-order valence-corrected chi connectivity index (χ4v) is 1.77. The van der Waals surface area contributed by atoms with Crippen LogP contribution in [0.4, 0.5) is 17.3 Å². The van der Waals surface area contributed by atoms with Gasteiger partial charge in [-0.25, -0.2) is 0 Å². The summed E-state index contributed by atoms with van der Waals surface area (Å²) in [6, 6.07) is 8.87. The minimum Gasteiger partial charge on any atom is -0.418 e. The molecule has 1 aromatic carbocycles. The zero-order valence-corrected chi connectivity index (χ0v) is 12.5. The van der Waals surface area contributed by atoms with E-state index >= 15 is 0 Å². The van der Waals surface area contributed by atoms with Crippen molar-refractivity contribution in [1.82, 2.24) is 0 Å². The molecule has 0 atom stereocenters. The lowest BCUT2D eigenvalue weighted by molar-refractivity contribution is 0.368. The highest BCUT2D eigenvalue weighted by Crippen LogP contribution is 2.10. The smallest absolute Gasteiger partial charge is 0.418 e. The summed E-state index contributed by atoms with van der Waals surface area (Å²) in [7, 11) is -6.00. The molecule has 18 heavy (non-hydrogen) atoms. The average Bonchev–Trinajstić information content (AvgIpc) is 2.25. The van der Waals surface area contributed by atoms with Gasteiger partial charge in [0.2, 0.25) is 0 Å². The highest BCUT2D eigenvalue weighted by molar-refractivity contribution is 14.1. The molecule has 0 fully saturated rings. The highest BCUT2D eigenvalue weighted by Gasteiger charge is 2.20. The second-order valence-electron chi connectivity index (χ2n) is 3.93. The zero-order valence-electron chi connectivity index (χ0n) is 10.3. The van der Waals surface area contributed by atoms with Crippen molar-refractivity contribution in [3.05, 3.63) is 33.4 Å². The molecule has 6 heteroatoms. The van der Waals surface area contributed by atoms with Crippen LogP contribution in [0, 0.1) is 3.57 Å². The van der Waals surface area contributed by atoms with Gasteiger partial charge in [-0.05, 0) is 53.1 Å². The molecule has 0 aliphatic heterocycles. The molecule has 0 bridgehead atoms. The van der Waals surface area contributed by atoms with Crippen molar-refractivity contribution in [3.8, 4) is 0 Å². The van der Waals surface area contributed by atoms with Gasteiger partial charge in [0.15, 0.2) is 0 Å². The molecule has 0 nitrogen and oxygen atoms in total. The maximum Gasteiger partial charge on any atom is 0.673 e. The van der Waals surface area contributed by atoms with Gasteiger partial charge in [0.1, 0.15) is 0 Å². The summed E-state index contributed by atoms with van der Waals surface area (Å²) < 4.78 is 40.3. The Morgan fingerprint density at radius 1 is 0.944 bits per heavy atom. The van der Waals surface area contributed by atoms with E-state index in [1.807, 2.05) is 0 Å². The largest absolute Gasteiger partial charge is 0.673 e. The number of halogens is 5. The van der Waals surface area contributed by atoms with E-state index in [1.54, 1.807) is 0 Å². The highest BCUT2D eigenvalue weighted by atomic mass is 127. The van der Waals surface area contributed by atoms with Gasteiger partial charge in [-0.1, -0.05) is 38.3 Å². The third kappa shape index (κ3) is 13.8. The van der Waals surface area contributed by atoms with E-state index in [-0.39, 0.29) is 0 Å². The predicted molar refractivity (Wildman–Crippen MR) is 77.2 cm³/mol. The number of rotatable bonds is 5. The maximum absolute atomic E-state index is 9.75. The van der Waals surface area contributed by atoms with Gasteiger partial charge in [-0.15, -0.1) is 0 Å². The summed E-state index contributed by atoms with van der Waals surface area (Å²) >= 11 is 2.35. The van der Waals surface area contributed by atoms with Crippen LogP contribution >= 0.6 is 22.6 Å². The van der Waals surface area contributed by atoms with Gasteiger partial charge in [-0.2, -0.15) is 0 Å². The van der Waals surface area contributed by atoms with E-state index in [0.29, 0.717) is 0 Å². The summed E-state index contributed by atoms with van der Waals surface area (Å²) in [5.41, 5.74) is 1.48. The molecule has 0 aliphatic carbocycles. The van der Waals surface area contributed by atoms with Crippen LogP contribution in [0.3, 0.4) is 0 Å². The molecule has 0 aliphatic rings. The van der Waals surface area contributed by atoms with Crippen molar-refractivity contribution in [2.45, 2.75) is 39.0 Å². The first-order valence-electron chi connectivity index (χ1n) is 5.94. The van der Waals surface area contributed by atoms with Crippen LogP contribution in [0.1, 0.15) is 38.2 Å². The second kappa shape index (κ2) is 9.64. The Morgan fingerprint density at radius 2 is 1.44 bits per heavy atom. The number of aryl methyl sites for hydroxylation is 1. The first-order valence-corrected chi connectivity index (χ1v) is 7.02. The lowest BCUT2D eigenvalue weighted by Crippen LogP contribution is -2.02. The van der Waals surface area contributed by atoms with E-state index in [4.69, 9.17) is 0 Å². The van der Waals surface area contributed by atoms with Gasteiger partial charge in [0.25, 0.3) is 0 Å². The van der Waals surface area contributed by atoms with E-state index in [9.17, 15) is 17.3 Å². The van der Waals surface area contributed by atoms with E-state index in [1.165, 1.54) is 41.2 Å². The lowest BCUT2D eigenvalue weighted by atomic mass is 10.1. The summed E-state index contributed by atoms with van der Waals surface area (Å²) in [6.45, 7) is 2.25. The monoisotopic (exact) mass is 375 g/mol. The third-order valence-corrected chi connectivity index (χ3v) is 2.95. The Hall–Kier alpha value is -0.265. The molecular weight excluding hydrogens is 358 g/mol. The molecule has 1 aromatic rings. The summed E-state index contributed by atoms with van der Waals surface area (Å²) in [5.74, 6) is 0. The van der Waals surface area contributed by atoms with E-state index in [2.05, 4.69) is 53.8 Å². The van der Waals surface area contributed by atoms with Crippen LogP contribution < -0.4 is 0 Å². The summed E-state index contributed by atoms with van der Waals surface area (Å²) in [4.78, 5) is 0. The van der Waals surface area contributed by atoms with Crippen LogP contribution in [0.5, 0.6) is 0 Å². The molecule has 0 saturated heterocycles. The van der Waals surface area contributed by atoms with Crippen molar-refractivity contribution >= 4 is 29.8 Å². The number of hydrogen-bond donors (Lipinski definition) is 0. The Morgan fingerprint density at radius 3 is 1.89 bits per heavy atom. The zero-order chi connectivity index (χ0) is 14.0. The van der Waals surface area contributed by atoms with Gasteiger partial charge in [-0.3, -0.25) is 0 Å². The summed E-state index contributed by atoms with van der Waals surface area (Å²) in [5, 5.41) is 0. The third-order valence-electron chi connectivity index (χ3n) is 2.23. The van der Waals surface area contributed by atoms with Crippen LogP contribution in [0.15, 0.2) is 24.3 Å². The van der Waals surface area contributed by atoms with Crippen molar-refractivity contribution in [3.63, 3.8) is 0 Å². The molecule has 0 N–H and O–H groups in total. The maximum atomic E-state index is 9.75. The molecular formula is C12H17BF4I-. The van der Waals surface area contributed by atoms with Gasteiger partial charge in [0.05, 0.1) is 0 Å². The van der Waals surface area contributed by atoms with E-state index in [0.717, 1.165) is 0 Å². The van der Waals surface area contributed by atoms with Gasteiger partial charge in [0, 0.05) is 3.57 Å². The lowest BCUT2D eigenvalue weighted by Gasteiger charge is -2.00. The molecule has 0 unspecified atom stereocenters. The Labute approximate surface area is 119 Å².